The third-order valence-corrected chi connectivity index (χ3v) is 7.51. The zero-order chi connectivity index (χ0) is 23.1. The Hall–Kier alpha value is -3.88. The minimum Gasteiger partial charge on any atom is -0.698 e. The van der Waals surface area contributed by atoms with Crippen molar-refractivity contribution in [1.82, 2.24) is 0 Å². The van der Waals surface area contributed by atoms with Gasteiger partial charge in [0.15, 0.2) is 0 Å². The number of hydrogen-bond donors (Lipinski definition) is 1. The molecule has 0 aliphatic heterocycles. The molecule has 0 fully saturated rings. The molecule has 2 aliphatic carbocycles. The summed E-state index contributed by atoms with van der Waals surface area (Å²) in [4.78, 5) is 0. The summed E-state index contributed by atoms with van der Waals surface area (Å²) in [5, 5.41) is 0. The molecule has 0 radical (unpaired) electrons. The SMILES string of the molecule is [NH-]c1ccccc1C(N)C1C=CC(C2(c3ccccc3)c3ccccc3-c3ccccc32)=CC1. The van der Waals surface area contributed by atoms with Crippen LogP contribution in [-0.4, -0.2) is 0 Å². The maximum atomic E-state index is 8.28. The Labute approximate surface area is 201 Å². The molecule has 2 aliphatic rings. The smallest absolute Gasteiger partial charge is 0.0710 e. The largest absolute Gasteiger partial charge is 0.698 e. The van der Waals surface area contributed by atoms with E-state index in [-0.39, 0.29) is 17.4 Å². The first-order chi connectivity index (χ1) is 16.7. The summed E-state index contributed by atoms with van der Waals surface area (Å²) in [6.45, 7) is 0. The Morgan fingerprint density at radius 2 is 1.32 bits per heavy atom. The van der Waals surface area contributed by atoms with Gasteiger partial charge in [0.2, 0.25) is 0 Å². The highest BCUT2D eigenvalue weighted by molar-refractivity contribution is 5.86. The van der Waals surface area contributed by atoms with Crippen LogP contribution in [0.15, 0.2) is 127 Å². The highest BCUT2D eigenvalue weighted by Gasteiger charge is 2.46. The molecule has 2 unspecified atom stereocenters. The molecule has 2 heteroatoms. The van der Waals surface area contributed by atoms with Gasteiger partial charge < -0.3 is 11.5 Å². The van der Waals surface area contributed by atoms with Crippen molar-refractivity contribution >= 4 is 5.69 Å². The lowest BCUT2D eigenvalue weighted by Gasteiger charge is -2.37. The van der Waals surface area contributed by atoms with Crippen LogP contribution < -0.4 is 5.73 Å². The summed E-state index contributed by atoms with van der Waals surface area (Å²) in [5.74, 6) is 0.162. The van der Waals surface area contributed by atoms with E-state index in [2.05, 4.69) is 97.1 Å². The van der Waals surface area contributed by atoms with E-state index in [0.717, 1.165) is 12.0 Å². The van der Waals surface area contributed by atoms with Gasteiger partial charge in [0.25, 0.3) is 0 Å². The molecule has 4 aromatic rings. The molecule has 0 saturated carbocycles. The summed E-state index contributed by atoms with van der Waals surface area (Å²) in [6, 6.07) is 36.0. The molecule has 34 heavy (non-hydrogen) atoms. The topological polar surface area (TPSA) is 49.8 Å². The molecule has 0 bridgehead atoms. The number of fused-ring (bicyclic) bond motifs is 3. The lowest BCUT2D eigenvalue weighted by Crippen LogP contribution is -2.30. The Balaban J connectivity index is 1.49. The second-order valence-corrected chi connectivity index (χ2v) is 9.24. The fraction of sp³-hybridized carbons (Fsp3) is 0.125. The summed E-state index contributed by atoms with van der Waals surface area (Å²) < 4.78 is 0. The van der Waals surface area contributed by atoms with Crippen LogP contribution in [0.25, 0.3) is 16.9 Å². The van der Waals surface area contributed by atoms with Crippen molar-refractivity contribution in [2.45, 2.75) is 17.9 Å². The first-order valence-corrected chi connectivity index (χ1v) is 11.9. The van der Waals surface area contributed by atoms with Crippen LogP contribution in [0.4, 0.5) is 5.69 Å². The van der Waals surface area contributed by atoms with Crippen molar-refractivity contribution in [3.63, 3.8) is 0 Å². The average Bonchev–Trinajstić information content (AvgIpc) is 3.21. The van der Waals surface area contributed by atoms with E-state index in [1.807, 2.05) is 24.3 Å². The molecular weight excluding hydrogens is 412 g/mol. The molecule has 4 aromatic carbocycles. The molecule has 3 N–H and O–H groups in total. The zero-order valence-electron chi connectivity index (χ0n) is 19.0. The molecule has 0 heterocycles. The zero-order valence-corrected chi connectivity index (χ0v) is 19.0. The van der Waals surface area contributed by atoms with Crippen molar-refractivity contribution in [2.24, 2.45) is 11.7 Å². The fourth-order valence-corrected chi connectivity index (χ4v) is 5.91. The van der Waals surface area contributed by atoms with E-state index >= 15 is 0 Å². The minimum atomic E-state index is -0.354. The number of rotatable bonds is 4. The van der Waals surface area contributed by atoms with E-state index in [1.165, 1.54) is 33.4 Å². The number of allylic oxidation sites excluding steroid dienone is 3. The van der Waals surface area contributed by atoms with Gasteiger partial charge in [-0.15, -0.1) is 5.69 Å². The molecule has 6 rings (SSSR count). The molecule has 0 saturated heterocycles. The Kier molecular flexibility index (Phi) is 4.97. The molecule has 166 valence electrons. The van der Waals surface area contributed by atoms with Gasteiger partial charge in [-0.2, -0.15) is 0 Å². The van der Waals surface area contributed by atoms with Crippen molar-refractivity contribution < 1.29 is 0 Å². The normalized spacial score (nSPS) is 18.6. The van der Waals surface area contributed by atoms with E-state index in [4.69, 9.17) is 11.5 Å². The van der Waals surface area contributed by atoms with Gasteiger partial charge in [-0.1, -0.05) is 121 Å². The van der Waals surface area contributed by atoms with Gasteiger partial charge in [-0.3, -0.25) is 0 Å². The fourth-order valence-electron chi connectivity index (χ4n) is 5.91. The van der Waals surface area contributed by atoms with Crippen molar-refractivity contribution in [1.29, 1.82) is 0 Å². The second kappa shape index (κ2) is 8.16. The summed E-state index contributed by atoms with van der Waals surface area (Å²) >= 11 is 0. The third-order valence-electron chi connectivity index (χ3n) is 7.51. The first-order valence-electron chi connectivity index (χ1n) is 11.9. The highest BCUT2D eigenvalue weighted by atomic mass is 14.7. The van der Waals surface area contributed by atoms with E-state index in [9.17, 15) is 0 Å². The predicted molar refractivity (Wildman–Crippen MR) is 141 cm³/mol. The predicted octanol–water partition coefficient (Wildman–Crippen LogP) is 7.89. The van der Waals surface area contributed by atoms with Gasteiger partial charge in [0.05, 0.1) is 5.41 Å². The van der Waals surface area contributed by atoms with Gasteiger partial charge in [-0.25, -0.2) is 0 Å². The minimum absolute atomic E-state index is 0.162. The lowest BCUT2D eigenvalue weighted by molar-refractivity contribution is 0.519. The molecule has 2 nitrogen and oxygen atoms in total. The molecule has 0 spiro atoms. The van der Waals surface area contributed by atoms with Gasteiger partial charge in [0.1, 0.15) is 0 Å². The number of nitrogens with two attached hydrogens (primary N) is 1. The maximum absolute atomic E-state index is 8.28. The summed E-state index contributed by atoms with van der Waals surface area (Å²) in [6.07, 6.45) is 7.77. The van der Waals surface area contributed by atoms with Crippen LogP contribution in [-0.2, 0) is 5.41 Å². The summed E-state index contributed by atoms with van der Waals surface area (Å²) in [5.41, 5.74) is 23.9. The molecule has 2 atom stereocenters. The van der Waals surface area contributed by atoms with Crippen molar-refractivity contribution in [2.75, 3.05) is 0 Å². The third kappa shape index (κ3) is 2.99. The number of benzene rings is 4. The first kappa shape index (κ1) is 20.7. The Morgan fingerprint density at radius 3 is 1.94 bits per heavy atom. The van der Waals surface area contributed by atoms with Crippen molar-refractivity contribution in [3.8, 4) is 11.1 Å². The number of nitrogens with one attached hydrogen (secondary N) is 1. The van der Waals surface area contributed by atoms with Crippen LogP contribution in [0.5, 0.6) is 0 Å². The molecule has 0 aromatic heterocycles. The quantitative estimate of drug-likeness (QED) is 0.345. The summed E-state index contributed by atoms with van der Waals surface area (Å²) in [7, 11) is 0. The number of hydrogen-bond acceptors (Lipinski definition) is 1. The van der Waals surface area contributed by atoms with E-state index in [0.29, 0.717) is 5.69 Å². The Morgan fingerprint density at radius 1 is 0.735 bits per heavy atom. The average molecular weight is 440 g/mol. The van der Waals surface area contributed by atoms with Crippen LogP contribution in [0.1, 0.15) is 34.7 Å². The van der Waals surface area contributed by atoms with Gasteiger partial charge >= 0.3 is 0 Å². The van der Waals surface area contributed by atoms with Crippen LogP contribution in [0.2, 0.25) is 0 Å². The van der Waals surface area contributed by atoms with Crippen molar-refractivity contribution in [3.05, 3.63) is 155 Å². The Bertz CT molecular complexity index is 1370. The second-order valence-electron chi connectivity index (χ2n) is 9.24. The van der Waals surface area contributed by atoms with Gasteiger partial charge in [-0.05, 0) is 51.3 Å². The van der Waals surface area contributed by atoms with Gasteiger partial charge in [0, 0.05) is 6.04 Å². The monoisotopic (exact) mass is 439 g/mol. The maximum Gasteiger partial charge on any atom is 0.0710 e. The molecule has 0 amide bonds. The highest BCUT2D eigenvalue weighted by Crippen LogP contribution is 2.57. The van der Waals surface area contributed by atoms with E-state index in [1.54, 1.807) is 0 Å². The lowest BCUT2D eigenvalue weighted by atomic mass is 9.65. The van der Waals surface area contributed by atoms with E-state index < -0.39 is 0 Å². The standard InChI is InChI=1S/C32H27N2/c33-30-17-9-6-14-27(30)31(34)22-18-20-24(21-19-22)32(23-10-2-1-3-11-23)28-15-7-4-12-25(28)26-13-5-8-16-29(26)32/h1-18,20-22,31,33H,19,34H2/q-1. The van der Waals surface area contributed by atoms with Crippen LogP contribution >= 0.6 is 0 Å². The van der Waals surface area contributed by atoms with Crippen LogP contribution in [0, 0.1) is 5.92 Å². The van der Waals surface area contributed by atoms with Crippen LogP contribution in [0.3, 0.4) is 0 Å². The molecular formula is C32H27N2-.